The smallest absolute Gasteiger partial charge is 0.368 e. The van der Waals surface area contributed by atoms with E-state index in [1.54, 1.807) is 18.2 Å². The van der Waals surface area contributed by atoms with Crippen LogP contribution < -0.4 is 5.73 Å². The second-order valence-electron chi connectivity index (χ2n) is 5.30. The van der Waals surface area contributed by atoms with E-state index in [0.717, 1.165) is 4.90 Å². The molecule has 0 aliphatic rings. The molecule has 0 fully saturated rings. The van der Waals surface area contributed by atoms with Crippen LogP contribution in [0.5, 0.6) is 0 Å². The van der Waals surface area contributed by atoms with Crippen LogP contribution in [-0.4, -0.2) is 23.3 Å². The molecule has 8 heteroatoms. The monoisotopic (exact) mass is 354 g/mol. The molecule has 2 aromatic carbocycles. The lowest BCUT2D eigenvalue weighted by Crippen LogP contribution is -2.38. The number of primary amides is 1. The van der Waals surface area contributed by atoms with Crippen LogP contribution in [0.15, 0.2) is 48.5 Å². The molecule has 132 valence electrons. The Hall–Kier alpha value is -2.90. The summed E-state index contributed by atoms with van der Waals surface area (Å²) in [6, 6.07) is 9.67. The molecule has 0 radical (unpaired) electrons. The first kappa shape index (κ1) is 18.4. The Balaban J connectivity index is 2.34. The van der Waals surface area contributed by atoms with E-state index in [1.165, 1.54) is 12.1 Å². The average molecular weight is 354 g/mol. The van der Waals surface area contributed by atoms with Gasteiger partial charge < -0.3 is 10.6 Å². The minimum atomic E-state index is -4.65. The van der Waals surface area contributed by atoms with Gasteiger partial charge in [0.25, 0.3) is 5.91 Å². The minimum absolute atomic E-state index is 0.205. The topological polar surface area (TPSA) is 63.4 Å². The van der Waals surface area contributed by atoms with Crippen molar-refractivity contribution in [3.63, 3.8) is 0 Å². The van der Waals surface area contributed by atoms with Gasteiger partial charge in [0.05, 0.1) is 12.1 Å². The molecule has 2 aromatic rings. The maximum Gasteiger partial charge on any atom is 0.416 e. The third-order valence-electron chi connectivity index (χ3n) is 3.39. The second-order valence-corrected chi connectivity index (χ2v) is 5.30. The van der Waals surface area contributed by atoms with E-state index >= 15 is 0 Å². The van der Waals surface area contributed by atoms with Crippen molar-refractivity contribution < 1.29 is 27.2 Å². The maximum absolute atomic E-state index is 13.9. The molecule has 0 heterocycles. The summed E-state index contributed by atoms with van der Waals surface area (Å²) in [5.41, 5.74) is 3.89. The summed E-state index contributed by atoms with van der Waals surface area (Å²) in [7, 11) is 0. The van der Waals surface area contributed by atoms with Crippen LogP contribution in [0.25, 0.3) is 0 Å². The second kappa shape index (κ2) is 7.33. The van der Waals surface area contributed by atoms with Crippen molar-refractivity contribution in [2.75, 3.05) is 6.54 Å². The molecule has 0 saturated heterocycles. The molecule has 0 unspecified atom stereocenters. The normalized spacial score (nSPS) is 11.2. The first-order chi connectivity index (χ1) is 11.7. The van der Waals surface area contributed by atoms with Gasteiger partial charge in [0.1, 0.15) is 5.82 Å². The van der Waals surface area contributed by atoms with Gasteiger partial charge in [0, 0.05) is 17.7 Å². The van der Waals surface area contributed by atoms with Crippen molar-refractivity contribution in [3.05, 3.63) is 71.0 Å². The number of benzene rings is 2. The highest BCUT2D eigenvalue weighted by Gasteiger charge is 2.31. The number of alkyl halides is 3. The van der Waals surface area contributed by atoms with E-state index in [4.69, 9.17) is 5.73 Å². The standard InChI is InChI=1S/C17H14F4N2O2/c18-14-7-6-13(17(19,20)21)8-12(14)9-23(10-15(22)24)16(25)11-4-2-1-3-5-11/h1-8H,9-10H2,(H2,22,24). The predicted octanol–water partition coefficient (Wildman–Crippen LogP) is 2.97. The zero-order valence-corrected chi connectivity index (χ0v) is 12.9. The SMILES string of the molecule is NC(=O)CN(Cc1cc(C(F)(F)F)ccc1F)C(=O)c1ccccc1. The fourth-order valence-electron chi connectivity index (χ4n) is 2.23. The van der Waals surface area contributed by atoms with Crippen molar-refractivity contribution in [3.8, 4) is 0 Å². The zero-order valence-electron chi connectivity index (χ0n) is 12.9. The molecule has 0 aromatic heterocycles. The summed E-state index contributed by atoms with van der Waals surface area (Å²) in [5.74, 6) is -2.42. The van der Waals surface area contributed by atoms with Crippen molar-refractivity contribution in [2.45, 2.75) is 12.7 Å². The molecule has 0 atom stereocenters. The summed E-state index contributed by atoms with van der Waals surface area (Å²) in [6.45, 7) is -1.07. The van der Waals surface area contributed by atoms with Crippen LogP contribution in [0.4, 0.5) is 17.6 Å². The number of hydrogen-bond donors (Lipinski definition) is 1. The zero-order chi connectivity index (χ0) is 18.6. The molecular weight excluding hydrogens is 340 g/mol. The van der Waals surface area contributed by atoms with Crippen molar-refractivity contribution in [1.82, 2.24) is 4.90 Å². The number of amides is 2. The van der Waals surface area contributed by atoms with Crippen molar-refractivity contribution >= 4 is 11.8 Å². The van der Waals surface area contributed by atoms with Gasteiger partial charge >= 0.3 is 6.18 Å². The van der Waals surface area contributed by atoms with Crippen molar-refractivity contribution in [1.29, 1.82) is 0 Å². The van der Waals surface area contributed by atoms with Crippen LogP contribution in [0.2, 0.25) is 0 Å². The molecule has 2 amide bonds. The molecule has 0 aliphatic carbocycles. The third-order valence-corrected chi connectivity index (χ3v) is 3.39. The highest BCUT2D eigenvalue weighted by atomic mass is 19.4. The quantitative estimate of drug-likeness (QED) is 0.839. The van der Waals surface area contributed by atoms with E-state index < -0.39 is 42.5 Å². The Labute approximate surface area is 140 Å². The summed E-state index contributed by atoms with van der Waals surface area (Å²) >= 11 is 0. The lowest BCUT2D eigenvalue weighted by molar-refractivity contribution is -0.137. The summed E-state index contributed by atoms with van der Waals surface area (Å²) in [4.78, 5) is 24.6. The summed E-state index contributed by atoms with van der Waals surface area (Å²) in [6.07, 6.45) is -4.65. The minimum Gasteiger partial charge on any atom is -0.368 e. The molecule has 2 rings (SSSR count). The molecule has 4 nitrogen and oxygen atoms in total. The molecule has 0 aliphatic heterocycles. The number of carbonyl (C=O) groups is 2. The highest BCUT2D eigenvalue weighted by Crippen LogP contribution is 2.30. The molecule has 0 spiro atoms. The first-order valence-electron chi connectivity index (χ1n) is 7.16. The van der Waals surface area contributed by atoms with E-state index in [0.29, 0.717) is 18.2 Å². The highest BCUT2D eigenvalue weighted by molar-refractivity contribution is 5.96. The van der Waals surface area contributed by atoms with Gasteiger partial charge in [-0.2, -0.15) is 13.2 Å². The maximum atomic E-state index is 13.9. The Morgan fingerprint density at radius 1 is 1.04 bits per heavy atom. The van der Waals surface area contributed by atoms with Crippen molar-refractivity contribution in [2.24, 2.45) is 5.73 Å². The molecular formula is C17H14F4N2O2. The number of hydrogen-bond acceptors (Lipinski definition) is 2. The van der Waals surface area contributed by atoms with Crippen LogP contribution in [0.1, 0.15) is 21.5 Å². The first-order valence-corrected chi connectivity index (χ1v) is 7.16. The Morgan fingerprint density at radius 2 is 1.68 bits per heavy atom. The Kier molecular flexibility index (Phi) is 5.41. The van der Waals surface area contributed by atoms with Gasteiger partial charge in [-0.25, -0.2) is 4.39 Å². The number of nitrogens with zero attached hydrogens (tertiary/aromatic N) is 1. The molecule has 0 bridgehead atoms. The number of nitrogens with two attached hydrogens (primary N) is 1. The Bertz CT molecular complexity index is 776. The van der Waals surface area contributed by atoms with Crippen LogP contribution in [0.3, 0.4) is 0 Å². The predicted molar refractivity (Wildman–Crippen MR) is 81.8 cm³/mol. The number of halogens is 4. The average Bonchev–Trinajstić information content (AvgIpc) is 2.54. The summed E-state index contributed by atoms with van der Waals surface area (Å²) < 4.78 is 52.3. The van der Waals surface area contributed by atoms with Gasteiger partial charge in [-0.05, 0) is 30.3 Å². The molecule has 25 heavy (non-hydrogen) atoms. The van der Waals surface area contributed by atoms with E-state index in [2.05, 4.69) is 0 Å². The lowest BCUT2D eigenvalue weighted by Gasteiger charge is -2.22. The number of carbonyl (C=O) groups excluding carboxylic acids is 2. The van der Waals surface area contributed by atoms with Crippen LogP contribution in [-0.2, 0) is 17.5 Å². The molecule has 2 N–H and O–H groups in total. The van der Waals surface area contributed by atoms with Gasteiger partial charge in [0.2, 0.25) is 5.91 Å². The lowest BCUT2D eigenvalue weighted by atomic mass is 10.1. The molecule has 0 saturated carbocycles. The van der Waals surface area contributed by atoms with E-state index in [9.17, 15) is 27.2 Å². The van der Waals surface area contributed by atoms with Crippen LogP contribution >= 0.6 is 0 Å². The van der Waals surface area contributed by atoms with Gasteiger partial charge in [-0.1, -0.05) is 18.2 Å². The van der Waals surface area contributed by atoms with Crippen LogP contribution in [0, 0.1) is 5.82 Å². The number of rotatable bonds is 5. The van der Waals surface area contributed by atoms with Gasteiger partial charge in [-0.15, -0.1) is 0 Å². The fraction of sp³-hybridized carbons (Fsp3) is 0.176. The summed E-state index contributed by atoms with van der Waals surface area (Å²) in [5, 5.41) is 0. The fourth-order valence-corrected chi connectivity index (χ4v) is 2.23. The largest absolute Gasteiger partial charge is 0.416 e. The third kappa shape index (κ3) is 4.79. The van der Waals surface area contributed by atoms with Gasteiger partial charge in [-0.3, -0.25) is 9.59 Å². The van der Waals surface area contributed by atoms with E-state index in [-0.39, 0.29) is 11.1 Å². The van der Waals surface area contributed by atoms with E-state index in [1.807, 2.05) is 0 Å². The Morgan fingerprint density at radius 3 is 2.24 bits per heavy atom. The van der Waals surface area contributed by atoms with Gasteiger partial charge in [0.15, 0.2) is 0 Å².